The van der Waals surface area contributed by atoms with Crippen molar-refractivity contribution in [3.8, 4) is 0 Å². The summed E-state index contributed by atoms with van der Waals surface area (Å²) in [5.41, 5.74) is 5.22. The Morgan fingerprint density at radius 3 is 2.50 bits per heavy atom. The van der Waals surface area contributed by atoms with Gasteiger partial charge >= 0.3 is 0 Å². The Morgan fingerprint density at radius 2 is 2.00 bits per heavy atom. The summed E-state index contributed by atoms with van der Waals surface area (Å²) in [4.78, 5) is 26.3. The zero-order valence-corrected chi connectivity index (χ0v) is 10.9. The predicted molar refractivity (Wildman–Crippen MR) is 72.0 cm³/mol. The van der Waals surface area contributed by atoms with E-state index in [0.29, 0.717) is 11.8 Å². The first-order chi connectivity index (χ1) is 9.56. The van der Waals surface area contributed by atoms with Crippen LogP contribution in [0.2, 0.25) is 0 Å². The molecule has 0 spiro atoms. The summed E-state index contributed by atoms with van der Waals surface area (Å²) in [5, 5.41) is 13.9. The van der Waals surface area contributed by atoms with Gasteiger partial charge in [-0.05, 0) is 43.6 Å². The molecule has 1 aromatic heterocycles. The van der Waals surface area contributed by atoms with Crippen molar-refractivity contribution in [2.24, 2.45) is 11.8 Å². The standard InChI is InChI=1S/C13H16N4O3/c14-11-5-9(10(6-15-11)17(19)20)13(18)16-12(7-1-2-7)8-3-4-8/h5-8,12H,1-4H2,(H2,14,15)(H,16,18). The molecule has 1 heterocycles. The molecule has 0 unspecified atom stereocenters. The Balaban J connectivity index is 1.82. The van der Waals surface area contributed by atoms with Gasteiger partial charge in [-0.2, -0.15) is 0 Å². The van der Waals surface area contributed by atoms with Crippen LogP contribution < -0.4 is 11.1 Å². The third-order valence-electron chi connectivity index (χ3n) is 3.90. The third kappa shape index (κ3) is 2.56. The molecule has 3 rings (SSSR count). The van der Waals surface area contributed by atoms with Crippen LogP contribution in [-0.4, -0.2) is 21.9 Å². The van der Waals surface area contributed by atoms with E-state index in [-0.39, 0.29) is 23.1 Å². The summed E-state index contributed by atoms with van der Waals surface area (Å²) in [5.74, 6) is 0.749. The SMILES string of the molecule is Nc1cc(C(=O)NC(C2CC2)C2CC2)c([N+](=O)[O-])cn1. The molecule has 2 aliphatic rings. The van der Waals surface area contributed by atoms with Crippen molar-refractivity contribution in [1.82, 2.24) is 10.3 Å². The molecule has 0 aromatic carbocycles. The van der Waals surface area contributed by atoms with Gasteiger partial charge in [0.15, 0.2) is 0 Å². The largest absolute Gasteiger partial charge is 0.384 e. The number of nitrogens with two attached hydrogens (primary N) is 1. The maximum Gasteiger partial charge on any atom is 0.300 e. The highest BCUT2D eigenvalue weighted by Gasteiger charge is 2.42. The summed E-state index contributed by atoms with van der Waals surface area (Å²) < 4.78 is 0. The van der Waals surface area contributed by atoms with Crippen molar-refractivity contribution in [2.45, 2.75) is 31.7 Å². The van der Waals surface area contributed by atoms with E-state index in [1.165, 1.54) is 6.07 Å². The Kier molecular flexibility index (Phi) is 3.04. The second-order valence-electron chi connectivity index (χ2n) is 5.56. The number of nitrogen functional groups attached to an aromatic ring is 1. The van der Waals surface area contributed by atoms with Gasteiger partial charge in [0.1, 0.15) is 17.6 Å². The zero-order chi connectivity index (χ0) is 14.3. The van der Waals surface area contributed by atoms with E-state index in [2.05, 4.69) is 10.3 Å². The molecule has 0 aliphatic heterocycles. The van der Waals surface area contributed by atoms with E-state index in [1.807, 2.05) is 0 Å². The number of aromatic nitrogens is 1. The van der Waals surface area contributed by atoms with Gasteiger partial charge in [0, 0.05) is 6.04 Å². The minimum absolute atomic E-state index is 0.00574. The van der Waals surface area contributed by atoms with E-state index in [0.717, 1.165) is 31.9 Å². The molecule has 1 amide bonds. The number of hydrogen-bond donors (Lipinski definition) is 2. The Morgan fingerprint density at radius 1 is 1.40 bits per heavy atom. The quantitative estimate of drug-likeness (QED) is 0.625. The average molecular weight is 276 g/mol. The maximum atomic E-state index is 12.3. The van der Waals surface area contributed by atoms with E-state index in [1.54, 1.807) is 0 Å². The van der Waals surface area contributed by atoms with Crippen LogP contribution in [0.1, 0.15) is 36.0 Å². The van der Waals surface area contributed by atoms with Crippen molar-refractivity contribution < 1.29 is 9.72 Å². The van der Waals surface area contributed by atoms with Gasteiger partial charge in [-0.3, -0.25) is 14.9 Å². The molecule has 0 atom stereocenters. The summed E-state index contributed by atoms with van der Waals surface area (Å²) in [6.07, 6.45) is 5.54. The van der Waals surface area contributed by atoms with E-state index in [4.69, 9.17) is 5.73 Å². The fourth-order valence-electron chi connectivity index (χ4n) is 2.55. The topological polar surface area (TPSA) is 111 Å². The van der Waals surface area contributed by atoms with Crippen LogP contribution in [0.4, 0.5) is 11.5 Å². The maximum absolute atomic E-state index is 12.3. The van der Waals surface area contributed by atoms with Crippen molar-refractivity contribution in [3.05, 3.63) is 27.9 Å². The highest BCUT2D eigenvalue weighted by Crippen LogP contribution is 2.44. The molecule has 2 fully saturated rings. The van der Waals surface area contributed by atoms with Gasteiger partial charge in [-0.15, -0.1) is 0 Å². The van der Waals surface area contributed by atoms with Crippen LogP contribution >= 0.6 is 0 Å². The highest BCUT2D eigenvalue weighted by atomic mass is 16.6. The number of pyridine rings is 1. The molecule has 2 aliphatic carbocycles. The first kappa shape index (κ1) is 12.8. The molecular weight excluding hydrogens is 260 g/mol. The van der Waals surface area contributed by atoms with E-state index < -0.39 is 10.8 Å². The monoisotopic (exact) mass is 276 g/mol. The molecule has 7 heteroatoms. The Labute approximate surface area is 115 Å². The molecule has 20 heavy (non-hydrogen) atoms. The van der Waals surface area contributed by atoms with E-state index in [9.17, 15) is 14.9 Å². The van der Waals surface area contributed by atoms with E-state index >= 15 is 0 Å². The molecule has 0 bridgehead atoms. The molecule has 3 N–H and O–H groups in total. The van der Waals surface area contributed by atoms with Crippen LogP contribution in [0.25, 0.3) is 0 Å². The number of nitrogens with one attached hydrogen (secondary N) is 1. The van der Waals surface area contributed by atoms with Gasteiger partial charge in [-0.25, -0.2) is 4.98 Å². The number of rotatable bonds is 5. The lowest BCUT2D eigenvalue weighted by molar-refractivity contribution is -0.385. The van der Waals surface area contributed by atoms with Crippen molar-refractivity contribution in [2.75, 3.05) is 5.73 Å². The number of nitro groups is 1. The van der Waals surface area contributed by atoms with Gasteiger partial charge in [0.25, 0.3) is 11.6 Å². The number of anilines is 1. The molecular formula is C13H16N4O3. The summed E-state index contributed by atoms with van der Waals surface area (Å²) in [6, 6.07) is 1.42. The minimum Gasteiger partial charge on any atom is -0.384 e. The van der Waals surface area contributed by atoms with Crippen LogP contribution in [-0.2, 0) is 0 Å². The minimum atomic E-state index is -0.607. The van der Waals surface area contributed by atoms with Crippen molar-refractivity contribution in [3.63, 3.8) is 0 Å². The number of carbonyl (C=O) groups excluding carboxylic acids is 1. The number of carbonyl (C=O) groups is 1. The summed E-state index contributed by atoms with van der Waals surface area (Å²) in [7, 11) is 0. The van der Waals surface area contributed by atoms with Gasteiger partial charge in [0.05, 0.1) is 4.92 Å². The van der Waals surface area contributed by atoms with Crippen molar-refractivity contribution >= 4 is 17.4 Å². The molecule has 0 saturated heterocycles. The second-order valence-corrected chi connectivity index (χ2v) is 5.56. The molecule has 0 radical (unpaired) electrons. The smallest absolute Gasteiger partial charge is 0.300 e. The van der Waals surface area contributed by atoms with Gasteiger partial charge in [-0.1, -0.05) is 0 Å². The van der Waals surface area contributed by atoms with Crippen molar-refractivity contribution in [1.29, 1.82) is 0 Å². The highest BCUT2D eigenvalue weighted by molar-refractivity contribution is 5.98. The second kappa shape index (κ2) is 4.73. The molecule has 1 aromatic rings. The lowest BCUT2D eigenvalue weighted by Crippen LogP contribution is -2.38. The van der Waals surface area contributed by atoms with Crippen LogP contribution in [0, 0.1) is 22.0 Å². The number of hydrogen-bond acceptors (Lipinski definition) is 5. The normalized spacial score (nSPS) is 18.1. The lowest BCUT2D eigenvalue weighted by atomic mass is 10.1. The Bertz CT molecular complexity index is 555. The van der Waals surface area contributed by atoms with Gasteiger partial charge < -0.3 is 11.1 Å². The molecule has 7 nitrogen and oxygen atoms in total. The van der Waals surface area contributed by atoms with Crippen LogP contribution in [0.15, 0.2) is 12.3 Å². The first-order valence-corrected chi connectivity index (χ1v) is 6.77. The van der Waals surface area contributed by atoms with Gasteiger partial charge in [0.2, 0.25) is 0 Å². The van der Waals surface area contributed by atoms with Crippen LogP contribution in [0.5, 0.6) is 0 Å². The average Bonchev–Trinajstić information content (AvgIpc) is 3.28. The number of nitrogens with zero attached hydrogens (tertiary/aromatic N) is 2. The summed E-state index contributed by atoms with van der Waals surface area (Å²) in [6.45, 7) is 0. The molecule has 2 saturated carbocycles. The predicted octanol–water partition coefficient (Wildman–Crippen LogP) is 1.49. The van der Waals surface area contributed by atoms with Crippen LogP contribution in [0.3, 0.4) is 0 Å². The summed E-state index contributed by atoms with van der Waals surface area (Å²) >= 11 is 0. The first-order valence-electron chi connectivity index (χ1n) is 6.77. The zero-order valence-electron chi connectivity index (χ0n) is 10.9. The number of amides is 1. The fourth-order valence-corrected chi connectivity index (χ4v) is 2.55. The fraction of sp³-hybridized carbons (Fsp3) is 0.538. The molecule has 106 valence electrons. The lowest BCUT2D eigenvalue weighted by Gasteiger charge is -2.17. The third-order valence-corrected chi connectivity index (χ3v) is 3.90. The Hall–Kier alpha value is -2.18.